The molecule has 5 nitrogen and oxygen atoms in total. The molecule has 2 aromatic rings. The van der Waals surface area contributed by atoms with Gasteiger partial charge in [0.1, 0.15) is 5.60 Å². The normalized spacial score (nSPS) is 11.4. The molecule has 0 aromatic heterocycles. The van der Waals surface area contributed by atoms with E-state index in [9.17, 15) is 18.0 Å². The lowest BCUT2D eigenvalue weighted by Gasteiger charge is -2.22. The Balaban J connectivity index is 2.43. The van der Waals surface area contributed by atoms with Crippen LogP contribution in [0, 0.1) is 21.0 Å². The molecule has 146 valence electrons. The number of nitrogens with one attached hydrogen (secondary N) is 2. The van der Waals surface area contributed by atoms with Crippen molar-refractivity contribution in [3.05, 3.63) is 55.9 Å². The van der Waals surface area contributed by atoms with Crippen LogP contribution >= 0.6 is 34.2 Å². The Labute approximate surface area is 171 Å². The highest BCUT2D eigenvalue weighted by molar-refractivity contribution is 14.1. The van der Waals surface area contributed by atoms with Crippen molar-refractivity contribution in [2.75, 3.05) is 11.9 Å². The second-order valence-corrected chi connectivity index (χ2v) is 7.76. The van der Waals surface area contributed by atoms with E-state index in [0.717, 1.165) is 3.57 Å². The molecule has 0 unspecified atom stereocenters. The molecule has 0 heterocycles. The predicted molar refractivity (Wildman–Crippen MR) is 103 cm³/mol. The summed E-state index contributed by atoms with van der Waals surface area (Å²) in [5.41, 5.74) is -0.124. The molecule has 10 heteroatoms. The number of carbonyl (C=O) groups excluding carboxylic acids is 1. The molecule has 0 fully saturated rings. The van der Waals surface area contributed by atoms with E-state index < -0.39 is 46.8 Å². The molecule has 0 aliphatic rings. The Bertz CT molecular complexity index is 881. The molecule has 0 saturated carbocycles. The quantitative estimate of drug-likeness (QED) is 0.301. The minimum atomic E-state index is -1.74. The van der Waals surface area contributed by atoms with Gasteiger partial charge in [-0.25, -0.2) is 18.7 Å². The van der Waals surface area contributed by atoms with Gasteiger partial charge in [0.2, 0.25) is 0 Å². The van der Waals surface area contributed by atoms with E-state index in [-0.39, 0.29) is 10.7 Å². The largest absolute Gasteiger partial charge is 0.393 e. The summed E-state index contributed by atoms with van der Waals surface area (Å²) in [7, 11) is 0. The molecule has 0 spiro atoms. The maximum atomic E-state index is 14.3. The van der Waals surface area contributed by atoms with Crippen molar-refractivity contribution in [3.63, 3.8) is 0 Å². The summed E-state index contributed by atoms with van der Waals surface area (Å²) in [5, 5.41) is 11.8. The molecule has 0 radical (unpaired) electrons. The van der Waals surface area contributed by atoms with Gasteiger partial charge in [-0.15, -0.1) is 0 Å². The van der Waals surface area contributed by atoms with Gasteiger partial charge in [0.25, 0.3) is 5.91 Å². The number of amides is 1. The Hall–Kier alpha value is -1.56. The van der Waals surface area contributed by atoms with E-state index in [1.807, 2.05) is 28.1 Å². The van der Waals surface area contributed by atoms with Crippen LogP contribution in [-0.2, 0) is 4.84 Å². The first-order chi connectivity index (χ1) is 12.6. The molecular weight excluding hydrogens is 500 g/mol. The molecular formula is C17H15ClF3IN2O3. The van der Waals surface area contributed by atoms with Crippen molar-refractivity contribution < 1.29 is 27.9 Å². The summed E-state index contributed by atoms with van der Waals surface area (Å²) < 4.78 is 42.5. The number of benzene rings is 2. The van der Waals surface area contributed by atoms with Gasteiger partial charge in [-0.1, -0.05) is 11.6 Å². The summed E-state index contributed by atoms with van der Waals surface area (Å²) in [6.45, 7) is 2.52. The third-order valence-electron chi connectivity index (χ3n) is 3.40. The van der Waals surface area contributed by atoms with Crippen LogP contribution in [0.25, 0.3) is 0 Å². The van der Waals surface area contributed by atoms with E-state index >= 15 is 0 Å². The van der Waals surface area contributed by atoms with Crippen LogP contribution in [0.1, 0.15) is 24.2 Å². The molecule has 2 rings (SSSR count). The first-order valence-electron chi connectivity index (χ1n) is 7.54. The highest BCUT2D eigenvalue weighted by Gasteiger charge is 2.26. The monoisotopic (exact) mass is 514 g/mol. The van der Waals surface area contributed by atoms with Gasteiger partial charge in [0.05, 0.1) is 28.6 Å². The molecule has 0 atom stereocenters. The fourth-order valence-electron chi connectivity index (χ4n) is 1.89. The van der Waals surface area contributed by atoms with Crippen LogP contribution in [0.3, 0.4) is 0 Å². The highest BCUT2D eigenvalue weighted by atomic mass is 127. The number of aliphatic hydroxyl groups is 1. The van der Waals surface area contributed by atoms with Crippen molar-refractivity contribution in [1.82, 2.24) is 5.48 Å². The SMILES string of the molecule is CC(C)(CO)ONC(=O)c1cc(F)c(F)c(F)c1Nc1ccc(I)cc1Cl. The fourth-order valence-corrected chi connectivity index (χ4v) is 2.80. The molecule has 0 bridgehead atoms. The summed E-state index contributed by atoms with van der Waals surface area (Å²) in [6, 6.07) is 5.25. The molecule has 3 N–H and O–H groups in total. The van der Waals surface area contributed by atoms with Crippen LogP contribution in [0.2, 0.25) is 5.02 Å². The summed E-state index contributed by atoms with van der Waals surface area (Å²) in [5.74, 6) is -5.92. The number of hydrogen-bond acceptors (Lipinski definition) is 4. The lowest BCUT2D eigenvalue weighted by Crippen LogP contribution is -2.38. The smallest absolute Gasteiger partial charge is 0.277 e. The maximum Gasteiger partial charge on any atom is 0.277 e. The number of halogens is 5. The lowest BCUT2D eigenvalue weighted by molar-refractivity contribution is -0.0956. The third-order valence-corrected chi connectivity index (χ3v) is 4.38. The van der Waals surface area contributed by atoms with E-state index in [1.165, 1.54) is 19.9 Å². The number of rotatable bonds is 6. The topological polar surface area (TPSA) is 70.6 Å². The second-order valence-electron chi connectivity index (χ2n) is 6.11. The predicted octanol–water partition coefficient (Wildman–Crippen LogP) is 4.54. The second kappa shape index (κ2) is 8.63. The highest BCUT2D eigenvalue weighted by Crippen LogP contribution is 2.32. The van der Waals surface area contributed by atoms with Gasteiger partial charge in [-0.2, -0.15) is 0 Å². The molecule has 1 amide bonds. The minimum absolute atomic E-state index is 0.188. The average molecular weight is 515 g/mol. The zero-order valence-corrected chi connectivity index (χ0v) is 17.1. The first-order valence-corrected chi connectivity index (χ1v) is 9.00. The van der Waals surface area contributed by atoms with Gasteiger partial charge in [0, 0.05) is 3.57 Å². The Morgan fingerprint density at radius 1 is 1.26 bits per heavy atom. The number of anilines is 2. The van der Waals surface area contributed by atoms with Gasteiger partial charge in [0.15, 0.2) is 17.5 Å². The third kappa shape index (κ3) is 5.24. The van der Waals surface area contributed by atoms with Gasteiger partial charge >= 0.3 is 0 Å². The first kappa shape index (κ1) is 21.7. The van der Waals surface area contributed by atoms with E-state index in [0.29, 0.717) is 6.07 Å². The van der Waals surface area contributed by atoms with E-state index in [2.05, 4.69) is 5.32 Å². The Morgan fingerprint density at radius 2 is 1.93 bits per heavy atom. The van der Waals surface area contributed by atoms with Crippen LogP contribution < -0.4 is 10.8 Å². The van der Waals surface area contributed by atoms with E-state index in [4.69, 9.17) is 21.5 Å². The summed E-state index contributed by atoms with van der Waals surface area (Å²) in [4.78, 5) is 17.3. The van der Waals surface area contributed by atoms with Gasteiger partial charge in [-0.05, 0) is 60.7 Å². The standard InChI is InChI=1S/C17H15ClF3IN2O3/c1-17(2,7-25)27-24-16(26)9-6-11(19)13(20)14(21)15(9)23-12-4-3-8(22)5-10(12)18/h3-6,23,25H,7H2,1-2H3,(H,24,26). The molecule has 27 heavy (non-hydrogen) atoms. The summed E-state index contributed by atoms with van der Waals surface area (Å²) >= 11 is 8.08. The zero-order valence-electron chi connectivity index (χ0n) is 14.2. The van der Waals surface area contributed by atoms with Crippen molar-refractivity contribution in [2.45, 2.75) is 19.4 Å². The van der Waals surface area contributed by atoms with Crippen molar-refractivity contribution in [2.24, 2.45) is 0 Å². The summed E-state index contributed by atoms with van der Waals surface area (Å²) in [6.07, 6.45) is 0. The van der Waals surface area contributed by atoms with Crippen LogP contribution in [0.5, 0.6) is 0 Å². The van der Waals surface area contributed by atoms with Crippen molar-refractivity contribution >= 4 is 51.5 Å². The molecule has 0 aliphatic carbocycles. The minimum Gasteiger partial charge on any atom is -0.393 e. The van der Waals surface area contributed by atoms with Crippen LogP contribution in [0.15, 0.2) is 24.3 Å². The van der Waals surface area contributed by atoms with Crippen LogP contribution in [-0.4, -0.2) is 23.2 Å². The number of hydroxylamine groups is 1. The van der Waals surface area contributed by atoms with Crippen molar-refractivity contribution in [1.29, 1.82) is 0 Å². The average Bonchev–Trinajstić information content (AvgIpc) is 2.61. The molecule has 0 aliphatic heterocycles. The van der Waals surface area contributed by atoms with Gasteiger partial charge in [-0.3, -0.25) is 9.63 Å². The Morgan fingerprint density at radius 3 is 2.52 bits per heavy atom. The van der Waals surface area contributed by atoms with Crippen LogP contribution in [0.4, 0.5) is 24.5 Å². The molecule has 0 saturated heterocycles. The fraction of sp³-hybridized carbons (Fsp3) is 0.235. The number of hydrogen-bond donors (Lipinski definition) is 3. The maximum absolute atomic E-state index is 14.3. The van der Waals surface area contributed by atoms with E-state index in [1.54, 1.807) is 12.1 Å². The lowest BCUT2D eigenvalue weighted by atomic mass is 10.1. The number of carbonyl (C=O) groups is 1. The Kier molecular flexibility index (Phi) is 6.95. The van der Waals surface area contributed by atoms with Gasteiger partial charge < -0.3 is 10.4 Å². The van der Waals surface area contributed by atoms with Crippen molar-refractivity contribution in [3.8, 4) is 0 Å². The zero-order chi connectivity index (χ0) is 20.4. The molecule has 2 aromatic carbocycles. The number of aliphatic hydroxyl groups excluding tert-OH is 1.